The Bertz CT molecular complexity index is 459. The maximum absolute atomic E-state index is 12.2. The minimum atomic E-state index is -0.0945. The standard InChI is InChI=1S/C16H25N3O/c1-12(2)19(3)11-10-17-15-9-8-13-6-4-5-7-14(13)18-16(15)20/h4-7,12,15,17H,8-11H2,1-3H3,(H,18,20). The van der Waals surface area contributed by atoms with Gasteiger partial charge < -0.3 is 15.5 Å². The number of carbonyl (C=O) groups is 1. The van der Waals surface area contributed by atoms with Gasteiger partial charge in [0, 0.05) is 24.8 Å². The van der Waals surface area contributed by atoms with Crippen LogP contribution in [0.2, 0.25) is 0 Å². The summed E-state index contributed by atoms with van der Waals surface area (Å²) in [5.74, 6) is 0.0853. The largest absolute Gasteiger partial charge is 0.324 e. The van der Waals surface area contributed by atoms with Crippen molar-refractivity contribution in [1.82, 2.24) is 10.2 Å². The number of nitrogens with zero attached hydrogens (tertiary/aromatic N) is 1. The van der Waals surface area contributed by atoms with Gasteiger partial charge in [-0.3, -0.25) is 4.79 Å². The third kappa shape index (κ3) is 3.81. The van der Waals surface area contributed by atoms with Gasteiger partial charge in [-0.05, 0) is 45.4 Å². The topological polar surface area (TPSA) is 44.4 Å². The molecule has 20 heavy (non-hydrogen) atoms. The Morgan fingerprint density at radius 3 is 2.90 bits per heavy atom. The van der Waals surface area contributed by atoms with Gasteiger partial charge in [0.25, 0.3) is 0 Å². The van der Waals surface area contributed by atoms with E-state index in [1.807, 2.05) is 18.2 Å². The van der Waals surface area contributed by atoms with Gasteiger partial charge in [0.15, 0.2) is 0 Å². The van der Waals surface area contributed by atoms with Crippen molar-refractivity contribution in [1.29, 1.82) is 0 Å². The lowest BCUT2D eigenvalue weighted by Gasteiger charge is -2.22. The van der Waals surface area contributed by atoms with Crippen molar-refractivity contribution in [2.45, 2.75) is 38.8 Å². The van der Waals surface area contributed by atoms with Gasteiger partial charge in [0.1, 0.15) is 0 Å². The zero-order chi connectivity index (χ0) is 14.5. The zero-order valence-electron chi connectivity index (χ0n) is 12.6. The van der Waals surface area contributed by atoms with Gasteiger partial charge in [-0.25, -0.2) is 0 Å². The van der Waals surface area contributed by atoms with Crippen molar-refractivity contribution in [3.63, 3.8) is 0 Å². The Hall–Kier alpha value is -1.39. The number of amides is 1. The second-order valence-corrected chi connectivity index (χ2v) is 5.77. The molecule has 0 spiro atoms. The van der Waals surface area contributed by atoms with Crippen LogP contribution >= 0.6 is 0 Å². The number of hydrogen-bond donors (Lipinski definition) is 2. The molecule has 1 amide bonds. The quantitative estimate of drug-likeness (QED) is 0.862. The molecule has 0 saturated carbocycles. The second-order valence-electron chi connectivity index (χ2n) is 5.77. The summed E-state index contributed by atoms with van der Waals surface area (Å²) in [5.41, 5.74) is 2.19. The van der Waals surface area contributed by atoms with E-state index in [2.05, 4.69) is 42.5 Å². The maximum Gasteiger partial charge on any atom is 0.241 e. The van der Waals surface area contributed by atoms with E-state index in [9.17, 15) is 4.79 Å². The number of aryl methyl sites for hydroxylation is 1. The first-order valence-corrected chi connectivity index (χ1v) is 7.40. The van der Waals surface area contributed by atoms with Crippen LogP contribution in [0.5, 0.6) is 0 Å². The summed E-state index contributed by atoms with van der Waals surface area (Å²) in [5, 5.41) is 6.40. The molecular formula is C16H25N3O. The summed E-state index contributed by atoms with van der Waals surface area (Å²) < 4.78 is 0. The normalized spacial score (nSPS) is 18.9. The number of nitrogens with one attached hydrogen (secondary N) is 2. The van der Waals surface area contributed by atoms with Gasteiger partial charge in [0.2, 0.25) is 5.91 Å². The fraction of sp³-hybridized carbons (Fsp3) is 0.562. The van der Waals surface area contributed by atoms with Gasteiger partial charge in [-0.1, -0.05) is 18.2 Å². The number of fused-ring (bicyclic) bond motifs is 1. The van der Waals surface area contributed by atoms with Crippen LogP contribution in [0.4, 0.5) is 5.69 Å². The van der Waals surface area contributed by atoms with Crippen LogP contribution in [0.3, 0.4) is 0 Å². The fourth-order valence-electron chi connectivity index (χ4n) is 2.38. The van der Waals surface area contributed by atoms with Crippen molar-refractivity contribution >= 4 is 11.6 Å². The molecule has 1 aromatic carbocycles. The second kappa shape index (κ2) is 6.86. The van der Waals surface area contributed by atoms with Crippen LogP contribution in [0, 0.1) is 0 Å². The highest BCUT2D eigenvalue weighted by atomic mass is 16.2. The summed E-state index contributed by atoms with van der Waals surface area (Å²) in [6.07, 6.45) is 1.79. The Kier molecular flexibility index (Phi) is 5.15. The van der Waals surface area contributed by atoms with Crippen LogP contribution in [-0.4, -0.2) is 43.0 Å². The van der Waals surface area contributed by atoms with Crippen LogP contribution in [0.25, 0.3) is 0 Å². The Morgan fingerprint density at radius 2 is 2.15 bits per heavy atom. The van der Waals surface area contributed by atoms with Crippen molar-refractivity contribution < 1.29 is 4.79 Å². The van der Waals surface area contributed by atoms with Crippen molar-refractivity contribution in [3.05, 3.63) is 29.8 Å². The molecule has 1 aliphatic rings. The monoisotopic (exact) mass is 275 g/mol. The van der Waals surface area contributed by atoms with Gasteiger partial charge in [-0.2, -0.15) is 0 Å². The highest BCUT2D eigenvalue weighted by molar-refractivity contribution is 5.96. The smallest absolute Gasteiger partial charge is 0.241 e. The first-order valence-electron chi connectivity index (χ1n) is 7.40. The van der Waals surface area contributed by atoms with E-state index in [0.717, 1.165) is 31.6 Å². The van der Waals surface area contributed by atoms with E-state index in [4.69, 9.17) is 0 Å². The Balaban J connectivity index is 1.87. The lowest BCUT2D eigenvalue weighted by atomic mass is 10.1. The number of para-hydroxylation sites is 1. The van der Waals surface area contributed by atoms with E-state index in [1.54, 1.807) is 0 Å². The molecule has 1 aromatic rings. The minimum absolute atomic E-state index is 0.0853. The van der Waals surface area contributed by atoms with Crippen molar-refractivity contribution in [2.75, 3.05) is 25.5 Å². The van der Waals surface area contributed by atoms with E-state index < -0.39 is 0 Å². The molecule has 1 atom stereocenters. The molecule has 0 aromatic heterocycles. The minimum Gasteiger partial charge on any atom is -0.324 e. The number of rotatable bonds is 5. The molecule has 110 valence electrons. The average molecular weight is 275 g/mol. The van der Waals surface area contributed by atoms with Crippen molar-refractivity contribution in [2.24, 2.45) is 0 Å². The SMILES string of the molecule is CC(C)N(C)CCNC1CCc2ccccc2NC1=O. The summed E-state index contributed by atoms with van der Waals surface area (Å²) in [4.78, 5) is 14.5. The lowest BCUT2D eigenvalue weighted by molar-refractivity contribution is -0.118. The number of likely N-dealkylation sites (N-methyl/N-ethyl adjacent to an activating group) is 1. The Labute approximate surface area is 121 Å². The summed E-state index contributed by atoms with van der Waals surface area (Å²) in [6, 6.07) is 8.49. The van der Waals surface area contributed by atoms with E-state index >= 15 is 0 Å². The molecule has 4 nitrogen and oxygen atoms in total. The number of hydrogen-bond acceptors (Lipinski definition) is 3. The van der Waals surface area contributed by atoms with Crippen molar-refractivity contribution in [3.8, 4) is 0 Å². The molecule has 0 fully saturated rings. The number of carbonyl (C=O) groups excluding carboxylic acids is 1. The van der Waals surface area contributed by atoms with Crippen LogP contribution < -0.4 is 10.6 Å². The predicted octanol–water partition coefficient (Wildman–Crippen LogP) is 1.87. The molecule has 1 aliphatic heterocycles. The zero-order valence-corrected chi connectivity index (χ0v) is 12.6. The number of anilines is 1. The van der Waals surface area contributed by atoms with Crippen LogP contribution in [0.15, 0.2) is 24.3 Å². The lowest BCUT2D eigenvalue weighted by Crippen LogP contribution is -2.43. The van der Waals surface area contributed by atoms with Gasteiger partial charge in [0.05, 0.1) is 6.04 Å². The van der Waals surface area contributed by atoms with Crippen LogP contribution in [0.1, 0.15) is 25.8 Å². The molecule has 4 heteroatoms. The maximum atomic E-state index is 12.2. The summed E-state index contributed by atoms with van der Waals surface area (Å²) in [6.45, 7) is 6.14. The fourth-order valence-corrected chi connectivity index (χ4v) is 2.38. The first-order chi connectivity index (χ1) is 9.58. The molecule has 0 aliphatic carbocycles. The molecule has 2 rings (SSSR count). The Morgan fingerprint density at radius 1 is 1.40 bits per heavy atom. The third-order valence-corrected chi connectivity index (χ3v) is 4.03. The highest BCUT2D eigenvalue weighted by Gasteiger charge is 2.22. The first kappa shape index (κ1) is 15.0. The molecule has 0 bridgehead atoms. The molecule has 2 N–H and O–H groups in total. The predicted molar refractivity (Wildman–Crippen MR) is 82.9 cm³/mol. The van der Waals surface area contributed by atoms with Crippen LogP contribution in [-0.2, 0) is 11.2 Å². The molecule has 0 radical (unpaired) electrons. The van der Waals surface area contributed by atoms with E-state index in [1.165, 1.54) is 5.56 Å². The highest BCUT2D eigenvalue weighted by Crippen LogP contribution is 2.21. The van der Waals surface area contributed by atoms with E-state index in [-0.39, 0.29) is 11.9 Å². The average Bonchev–Trinajstić information content (AvgIpc) is 2.58. The number of benzene rings is 1. The third-order valence-electron chi connectivity index (χ3n) is 4.03. The van der Waals surface area contributed by atoms with Gasteiger partial charge in [-0.15, -0.1) is 0 Å². The van der Waals surface area contributed by atoms with Gasteiger partial charge >= 0.3 is 0 Å². The molecular weight excluding hydrogens is 250 g/mol. The molecule has 1 heterocycles. The van der Waals surface area contributed by atoms with E-state index in [0.29, 0.717) is 6.04 Å². The molecule has 1 unspecified atom stereocenters. The molecule has 0 saturated heterocycles. The summed E-state index contributed by atoms with van der Waals surface area (Å²) in [7, 11) is 2.11. The summed E-state index contributed by atoms with van der Waals surface area (Å²) >= 11 is 0.